The van der Waals surface area contributed by atoms with Gasteiger partial charge in [-0.25, -0.2) is 0 Å². The summed E-state index contributed by atoms with van der Waals surface area (Å²) in [6.45, 7) is 3.97. The van der Waals surface area contributed by atoms with Gasteiger partial charge in [0.05, 0.1) is 32.0 Å². The van der Waals surface area contributed by atoms with Crippen LogP contribution in [0.3, 0.4) is 0 Å². The van der Waals surface area contributed by atoms with E-state index in [1.54, 1.807) is 0 Å². The van der Waals surface area contributed by atoms with E-state index in [-0.39, 0.29) is 19.3 Å². The minimum atomic E-state index is -0.559. The average Bonchev–Trinajstić information content (AvgIpc) is 2.73. The van der Waals surface area contributed by atoms with Gasteiger partial charge in [0.25, 0.3) is 0 Å². The summed E-state index contributed by atoms with van der Waals surface area (Å²) in [5.41, 5.74) is 0. The second kappa shape index (κ2) is 8.82. The molecule has 108 valence electrons. The van der Waals surface area contributed by atoms with Crippen molar-refractivity contribution in [2.24, 2.45) is 5.92 Å². The second-order valence-electron chi connectivity index (χ2n) is 5.18. The minimum Gasteiger partial charge on any atom is -0.395 e. The van der Waals surface area contributed by atoms with Gasteiger partial charge in [0.15, 0.2) is 0 Å². The lowest BCUT2D eigenvalue weighted by Gasteiger charge is -2.25. The molecule has 0 bridgehead atoms. The Morgan fingerprint density at radius 3 is 2.39 bits per heavy atom. The van der Waals surface area contributed by atoms with Crippen molar-refractivity contribution >= 4 is 0 Å². The fourth-order valence-corrected chi connectivity index (χ4v) is 2.52. The fourth-order valence-electron chi connectivity index (χ4n) is 2.52. The quantitative estimate of drug-likeness (QED) is 0.538. The normalized spacial score (nSPS) is 25.8. The van der Waals surface area contributed by atoms with Crippen LogP contribution in [0.1, 0.15) is 26.2 Å². The Hall–Kier alpha value is -0.200. The van der Waals surface area contributed by atoms with Gasteiger partial charge in [0.1, 0.15) is 0 Å². The molecule has 3 N–H and O–H groups in total. The molecule has 0 radical (unpaired) electrons. The van der Waals surface area contributed by atoms with E-state index in [0.29, 0.717) is 32.2 Å². The van der Waals surface area contributed by atoms with E-state index in [1.807, 2.05) is 4.90 Å². The van der Waals surface area contributed by atoms with Crippen LogP contribution in [0, 0.1) is 5.92 Å². The Morgan fingerprint density at radius 2 is 1.89 bits per heavy atom. The molecular formula is C13H27NO4. The van der Waals surface area contributed by atoms with Gasteiger partial charge >= 0.3 is 0 Å². The maximum Gasteiger partial charge on any atom is 0.0900 e. The monoisotopic (exact) mass is 261 g/mol. The number of aliphatic hydroxyl groups is 3. The molecule has 0 aromatic carbocycles. The van der Waals surface area contributed by atoms with E-state index in [4.69, 9.17) is 14.9 Å². The summed E-state index contributed by atoms with van der Waals surface area (Å²) in [6.07, 6.45) is 3.23. The lowest BCUT2D eigenvalue weighted by atomic mass is 10.1. The standard InChI is InChI=1S/C13H27NO4/c1-11-3-2-4-13(11)18-10-12(17)9-14(5-7-15)6-8-16/h11-13,15-17H,2-10H2,1H3/t11-,12+,13+/m1/s1. The summed E-state index contributed by atoms with van der Waals surface area (Å²) in [7, 11) is 0. The first kappa shape index (κ1) is 15.9. The van der Waals surface area contributed by atoms with Gasteiger partial charge < -0.3 is 20.1 Å². The highest BCUT2D eigenvalue weighted by atomic mass is 16.5. The van der Waals surface area contributed by atoms with Gasteiger partial charge in [-0.15, -0.1) is 0 Å². The smallest absolute Gasteiger partial charge is 0.0900 e. The first-order chi connectivity index (χ1) is 8.67. The first-order valence-corrected chi connectivity index (χ1v) is 6.91. The van der Waals surface area contributed by atoms with Crippen LogP contribution in [0.4, 0.5) is 0 Å². The summed E-state index contributed by atoms with van der Waals surface area (Å²) in [4.78, 5) is 1.84. The molecular weight excluding hydrogens is 234 g/mol. The largest absolute Gasteiger partial charge is 0.395 e. The van der Waals surface area contributed by atoms with Crippen LogP contribution >= 0.6 is 0 Å². The molecule has 0 spiro atoms. The summed E-state index contributed by atoms with van der Waals surface area (Å²) in [5, 5.41) is 27.6. The zero-order valence-corrected chi connectivity index (χ0v) is 11.3. The van der Waals surface area contributed by atoms with Gasteiger partial charge in [-0.3, -0.25) is 4.90 Å². The summed E-state index contributed by atoms with van der Waals surface area (Å²) >= 11 is 0. The summed E-state index contributed by atoms with van der Waals surface area (Å²) in [6, 6.07) is 0. The topological polar surface area (TPSA) is 73.2 Å². The van der Waals surface area contributed by atoms with Crippen molar-refractivity contribution < 1.29 is 20.1 Å². The highest BCUT2D eigenvalue weighted by Crippen LogP contribution is 2.27. The number of hydrogen-bond donors (Lipinski definition) is 3. The number of aliphatic hydroxyl groups excluding tert-OH is 3. The maximum absolute atomic E-state index is 9.89. The van der Waals surface area contributed by atoms with Crippen LogP contribution in [0.25, 0.3) is 0 Å². The second-order valence-corrected chi connectivity index (χ2v) is 5.18. The molecule has 1 saturated carbocycles. The molecule has 1 fully saturated rings. The number of rotatable bonds is 9. The first-order valence-electron chi connectivity index (χ1n) is 6.91. The zero-order valence-electron chi connectivity index (χ0n) is 11.3. The van der Waals surface area contributed by atoms with Crippen LogP contribution in [0.5, 0.6) is 0 Å². The Morgan fingerprint density at radius 1 is 1.22 bits per heavy atom. The minimum absolute atomic E-state index is 0.0350. The van der Waals surface area contributed by atoms with Crippen molar-refractivity contribution in [3.05, 3.63) is 0 Å². The zero-order chi connectivity index (χ0) is 13.4. The molecule has 0 aromatic heterocycles. The lowest BCUT2D eigenvalue weighted by Crippen LogP contribution is -2.39. The molecule has 0 amide bonds. The maximum atomic E-state index is 9.89. The van der Waals surface area contributed by atoms with Crippen LogP contribution < -0.4 is 0 Å². The SMILES string of the molecule is C[C@@H]1CCC[C@@H]1OC[C@@H](O)CN(CCO)CCO. The highest BCUT2D eigenvalue weighted by Gasteiger charge is 2.24. The summed E-state index contributed by atoms with van der Waals surface area (Å²) < 4.78 is 5.73. The predicted molar refractivity (Wildman–Crippen MR) is 69.4 cm³/mol. The Labute approximate surface area is 109 Å². The van der Waals surface area contributed by atoms with Gasteiger partial charge in [-0.05, 0) is 18.8 Å². The molecule has 5 nitrogen and oxygen atoms in total. The lowest BCUT2D eigenvalue weighted by molar-refractivity contribution is -0.0338. The van der Waals surface area contributed by atoms with E-state index >= 15 is 0 Å². The number of hydrogen-bond acceptors (Lipinski definition) is 5. The average molecular weight is 261 g/mol. The third kappa shape index (κ3) is 5.63. The van der Waals surface area contributed by atoms with Crippen molar-refractivity contribution in [3.8, 4) is 0 Å². The molecule has 3 atom stereocenters. The Balaban J connectivity index is 2.20. The van der Waals surface area contributed by atoms with E-state index in [9.17, 15) is 5.11 Å². The van der Waals surface area contributed by atoms with Crippen molar-refractivity contribution in [1.29, 1.82) is 0 Å². The van der Waals surface area contributed by atoms with E-state index in [2.05, 4.69) is 6.92 Å². The number of ether oxygens (including phenoxy) is 1. The molecule has 18 heavy (non-hydrogen) atoms. The van der Waals surface area contributed by atoms with Crippen LogP contribution in [-0.4, -0.2) is 71.9 Å². The molecule has 0 aliphatic heterocycles. The van der Waals surface area contributed by atoms with Crippen molar-refractivity contribution in [2.75, 3.05) is 39.5 Å². The van der Waals surface area contributed by atoms with E-state index < -0.39 is 6.10 Å². The van der Waals surface area contributed by atoms with Gasteiger partial charge in [0.2, 0.25) is 0 Å². The Kier molecular flexibility index (Phi) is 7.77. The van der Waals surface area contributed by atoms with Crippen LogP contribution in [0.2, 0.25) is 0 Å². The summed E-state index contributed by atoms with van der Waals surface area (Å²) in [5.74, 6) is 0.586. The van der Waals surface area contributed by atoms with Crippen molar-refractivity contribution in [3.63, 3.8) is 0 Å². The highest BCUT2D eigenvalue weighted by molar-refractivity contribution is 4.75. The van der Waals surface area contributed by atoms with Crippen LogP contribution in [0.15, 0.2) is 0 Å². The van der Waals surface area contributed by atoms with Gasteiger partial charge in [-0.1, -0.05) is 13.3 Å². The van der Waals surface area contributed by atoms with E-state index in [1.165, 1.54) is 12.8 Å². The molecule has 0 aromatic rings. The fraction of sp³-hybridized carbons (Fsp3) is 1.00. The molecule has 0 unspecified atom stereocenters. The molecule has 1 aliphatic rings. The number of nitrogens with zero attached hydrogens (tertiary/aromatic N) is 1. The van der Waals surface area contributed by atoms with Crippen molar-refractivity contribution in [1.82, 2.24) is 4.90 Å². The molecule has 1 rings (SSSR count). The molecule has 0 heterocycles. The molecule has 1 aliphatic carbocycles. The van der Waals surface area contributed by atoms with Gasteiger partial charge in [0, 0.05) is 19.6 Å². The third-order valence-electron chi connectivity index (χ3n) is 3.59. The Bertz CT molecular complexity index is 209. The van der Waals surface area contributed by atoms with E-state index in [0.717, 1.165) is 6.42 Å². The molecule has 5 heteroatoms. The van der Waals surface area contributed by atoms with Crippen molar-refractivity contribution in [2.45, 2.75) is 38.4 Å². The van der Waals surface area contributed by atoms with Crippen LogP contribution in [-0.2, 0) is 4.74 Å². The van der Waals surface area contributed by atoms with Gasteiger partial charge in [-0.2, -0.15) is 0 Å². The molecule has 0 saturated heterocycles. The third-order valence-corrected chi connectivity index (χ3v) is 3.59. The predicted octanol–water partition coefficient (Wildman–Crippen LogP) is -0.161.